The van der Waals surface area contributed by atoms with Crippen molar-refractivity contribution in [2.24, 2.45) is 22.2 Å². The van der Waals surface area contributed by atoms with Gasteiger partial charge in [0.15, 0.2) is 5.50 Å². The summed E-state index contributed by atoms with van der Waals surface area (Å²) >= 11 is 1.60. The fourth-order valence-corrected chi connectivity index (χ4v) is 7.43. The lowest BCUT2D eigenvalue weighted by Gasteiger charge is -2.41. The number of carbonyl (C=O) groups is 4. The summed E-state index contributed by atoms with van der Waals surface area (Å²) in [6.07, 6.45) is 8.43. The molecule has 0 bridgehead atoms. The average molecular weight is 591 g/mol. The SMILES string of the molecule is CC1=NC2SC=CN2C1C(=O)N1CCC(N(C)C(=O)[C@@H](NC(=O)[C@H](CC2CCCC2)CN(O)C=O)C(C)(C)C)CC1. The molecule has 3 heterocycles. The van der Waals surface area contributed by atoms with E-state index in [-0.39, 0.29) is 41.8 Å². The molecule has 11 nitrogen and oxygen atoms in total. The Bertz CT molecular complexity index is 1050. The largest absolute Gasteiger partial charge is 0.344 e. The summed E-state index contributed by atoms with van der Waals surface area (Å²) in [7, 11) is 1.78. The molecule has 2 N–H and O–H groups in total. The van der Waals surface area contributed by atoms with E-state index in [0.717, 1.165) is 31.4 Å². The quantitative estimate of drug-likeness (QED) is 0.228. The molecule has 41 heavy (non-hydrogen) atoms. The molecule has 0 aromatic carbocycles. The number of nitrogens with one attached hydrogen (secondary N) is 1. The first kappa shape index (κ1) is 31.3. The lowest BCUT2D eigenvalue weighted by atomic mass is 9.84. The van der Waals surface area contributed by atoms with Gasteiger partial charge in [0.1, 0.15) is 12.1 Å². The number of fused-ring (bicyclic) bond motifs is 1. The van der Waals surface area contributed by atoms with E-state index < -0.39 is 17.4 Å². The van der Waals surface area contributed by atoms with Crippen LogP contribution in [0, 0.1) is 17.3 Å². The smallest absolute Gasteiger partial charge is 0.251 e. The standard InChI is InChI=1S/C29H46N6O5S/c1-19-23(35-14-15-41-28(35)30-19)26(38)33-12-10-22(11-13-33)32(5)27(39)24(29(2,3)4)31-25(37)21(17-34(40)18-36)16-20-8-6-7-9-20/h14-15,18,20-24,28,40H,6-13,16-17H2,1-5H3,(H,31,37)/t21-,23?,24-,28?/m1/s1. The van der Waals surface area contributed by atoms with Gasteiger partial charge in [-0.15, -0.1) is 0 Å². The summed E-state index contributed by atoms with van der Waals surface area (Å²) in [5.41, 5.74) is 0.223. The zero-order valence-corrected chi connectivity index (χ0v) is 25.8. The topological polar surface area (TPSA) is 126 Å². The van der Waals surface area contributed by atoms with Crippen molar-refractivity contribution in [2.45, 2.75) is 96.3 Å². The van der Waals surface area contributed by atoms with E-state index in [1.165, 1.54) is 0 Å². The van der Waals surface area contributed by atoms with Crippen LogP contribution in [0.2, 0.25) is 0 Å². The fraction of sp³-hybridized carbons (Fsp3) is 0.759. The lowest BCUT2D eigenvalue weighted by molar-refractivity contribution is -0.156. The molecule has 1 saturated carbocycles. The zero-order chi connectivity index (χ0) is 29.9. The highest BCUT2D eigenvalue weighted by molar-refractivity contribution is 8.02. The lowest BCUT2D eigenvalue weighted by Crippen LogP contribution is -2.59. The fourth-order valence-electron chi connectivity index (χ4n) is 6.52. The number of aliphatic imine (C=N–C) groups is 1. The number of likely N-dealkylation sites (N-methyl/N-ethyl adjacent to an activating group) is 1. The Morgan fingerprint density at radius 2 is 1.85 bits per heavy atom. The predicted octanol–water partition coefficient (Wildman–Crippen LogP) is 2.66. The van der Waals surface area contributed by atoms with Gasteiger partial charge in [0.25, 0.3) is 5.91 Å². The minimum Gasteiger partial charge on any atom is -0.344 e. The minimum atomic E-state index is -0.775. The molecule has 2 fully saturated rings. The number of likely N-dealkylation sites (tertiary alicyclic amines) is 1. The van der Waals surface area contributed by atoms with Crippen LogP contribution in [-0.4, -0.2) is 105 Å². The number of hydroxylamine groups is 2. The van der Waals surface area contributed by atoms with Gasteiger partial charge in [-0.05, 0) is 42.9 Å². The van der Waals surface area contributed by atoms with Gasteiger partial charge in [-0.3, -0.25) is 29.4 Å². The highest BCUT2D eigenvalue weighted by atomic mass is 32.2. The molecule has 228 valence electrons. The van der Waals surface area contributed by atoms with Crippen molar-refractivity contribution in [3.63, 3.8) is 0 Å². The third kappa shape index (κ3) is 7.25. The van der Waals surface area contributed by atoms with E-state index in [9.17, 15) is 24.4 Å². The van der Waals surface area contributed by atoms with Crippen LogP contribution in [0.15, 0.2) is 16.6 Å². The van der Waals surface area contributed by atoms with Gasteiger partial charge >= 0.3 is 0 Å². The Hall–Kier alpha value is -2.60. The molecule has 1 aliphatic carbocycles. The van der Waals surface area contributed by atoms with E-state index in [2.05, 4.69) is 10.3 Å². The van der Waals surface area contributed by atoms with Gasteiger partial charge in [0.05, 0.1) is 12.5 Å². The van der Waals surface area contributed by atoms with Crippen LogP contribution in [0.1, 0.15) is 72.6 Å². The van der Waals surface area contributed by atoms with Crippen molar-refractivity contribution in [1.29, 1.82) is 0 Å². The maximum absolute atomic E-state index is 13.8. The number of hydrogen-bond donors (Lipinski definition) is 2. The Kier molecular flexibility index (Phi) is 10.0. The first-order chi connectivity index (χ1) is 19.4. The molecule has 1 saturated heterocycles. The molecular formula is C29H46N6O5S. The van der Waals surface area contributed by atoms with Crippen LogP contribution < -0.4 is 5.32 Å². The molecule has 2 unspecified atom stereocenters. The van der Waals surface area contributed by atoms with Crippen molar-refractivity contribution in [2.75, 3.05) is 26.7 Å². The van der Waals surface area contributed by atoms with Crippen molar-refractivity contribution in [3.8, 4) is 0 Å². The monoisotopic (exact) mass is 590 g/mol. The molecule has 12 heteroatoms. The maximum Gasteiger partial charge on any atom is 0.251 e. The van der Waals surface area contributed by atoms with E-state index in [1.807, 2.05) is 49.1 Å². The summed E-state index contributed by atoms with van der Waals surface area (Å²) in [6, 6.07) is -1.20. The Balaban J connectivity index is 1.37. The maximum atomic E-state index is 13.8. The normalized spacial score (nSPS) is 24.6. The summed E-state index contributed by atoms with van der Waals surface area (Å²) in [5.74, 6) is -0.671. The van der Waals surface area contributed by atoms with Crippen LogP contribution in [0.25, 0.3) is 0 Å². The number of rotatable bonds is 10. The van der Waals surface area contributed by atoms with Gasteiger partial charge in [-0.2, -0.15) is 0 Å². The molecule has 0 aromatic rings. The second-order valence-corrected chi connectivity index (χ2v) is 14.0. The van der Waals surface area contributed by atoms with Crippen molar-refractivity contribution in [3.05, 3.63) is 11.6 Å². The highest BCUT2D eigenvalue weighted by Gasteiger charge is 2.43. The van der Waals surface area contributed by atoms with E-state index >= 15 is 0 Å². The molecule has 3 aliphatic heterocycles. The Labute approximate surface area is 247 Å². The van der Waals surface area contributed by atoms with Crippen LogP contribution in [-0.2, 0) is 19.2 Å². The summed E-state index contributed by atoms with van der Waals surface area (Å²) < 4.78 is 0. The molecule has 0 aromatic heterocycles. The molecule has 0 radical (unpaired) electrons. The highest BCUT2D eigenvalue weighted by Crippen LogP contribution is 2.35. The molecule has 0 spiro atoms. The zero-order valence-electron chi connectivity index (χ0n) is 25.0. The van der Waals surface area contributed by atoms with E-state index in [1.54, 1.807) is 23.7 Å². The van der Waals surface area contributed by atoms with Gasteiger partial charge in [-0.1, -0.05) is 58.2 Å². The number of thioether (sulfide) groups is 1. The third-order valence-electron chi connectivity index (χ3n) is 8.99. The predicted molar refractivity (Wildman–Crippen MR) is 158 cm³/mol. The number of carbonyl (C=O) groups excluding carboxylic acids is 4. The van der Waals surface area contributed by atoms with Gasteiger partial charge in [0, 0.05) is 38.1 Å². The number of amides is 4. The Morgan fingerprint density at radius 3 is 2.46 bits per heavy atom. The average Bonchev–Trinajstić information content (AvgIpc) is 3.68. The van der Waals surface area contributed by atoms with Crippen molar-refractivity contribution < 1.29 is 24.4 Å². The third-order valence-corrected chi connectivity index (χ3v) is 9.86. The van der Waals surface area contributed by atoms with Crippen LogP contribution >= 0.6 is 11.8 Å². The van der Waals surface area contributed by atoms with E-state index in [4.69, 9.17) is 0 Å². The number of nitrogens with zero attached hydrogens (tertiary/aromatic N) is 5. The summed E-state index contributed by atoms with van der Waals surface area (Å²) in [6.45, 7) is 8.67. The first-order valence-electron chi connectivity index (χ1n) is 14.8. The Morgan fingerprint density at radius 1 is 1.20 bits per heavy atom. The van der Waals surface area contributed by atoms with Gasteiger partial charge in [0.2, 0.25) is 18.2 Å². The van der Waals surface area contributed by atoms with Crippen molar-refractivity contribution >= 4 is 41.6 Å². The molecule has 4 rings (SSSR count). The molecular weight excluding hydrogens is 544 g/mol. The summed E-state index contributed by atoms with van der Waals surface area (Å²) in [4.78, 5) is 62.1. The summed E-state index contributed by atoms with van der Waals surface area (Å²) in [5, 5.41) is 15.4. The number of piperidine rings is 1. The van der Waals surface area contributed by atoms with E-state index in [0.29, 0.717) is 49.7 Å². The van der Waals surface area contributed by atoms with Crippen LogP contribution in [0.5, 0.6) is 0 Å². The van der Waals surface area contributed by atoms with Crippen molar-refractivity contribution in [1.82, 2.24) is 25.1 Å². The number of hydrogen-bond acceptors (Lipinski definition) is 8. The first-order valence-corrected chi connectivity index (χ1v) is 15.8. The minimum absolute atomic E-state index is 0.0496. The van der Waals surface area contributed by atoms with Crippen LogP contribution in [0.3, 0.4) is 0 Å². The molecule has 4 amide bonds. The second kappa shape index (κ2) is 13.1. The molecule has 4 aliphatic rings. The van der Waals surface area contributed by atoms with Gasteiger partial charge in [-0.25, -0.2) is 5.06 Å². The van der Waals surface area contributed by atoms with Crippen LogP contribution in [0.4, 0.5) is 0 Å². The molecule has 4 atom stereocenters. The van der Waals surface area contributed by atoms with Gasteiger partial charge < -0.3 is 20.0 Å². The second-order valence-electron chi connectivity index (χ2n) is 13.0.